The van der Waals surface area contributed by atoms with Gasteiger partial charge in [0, 0.05) is 18.8 Å². The Bertz CT molecular complexity index is 549. The summed E-state index contributed by atoms with van der Waals surface area (Å²) in [6.45, 7) is 2.25. The Kier molecular flexibility index (Phi) is 3.62. The van der Waals surface area contributed by atoms with Gasteiger partial charge in [0.05, 0.1) is 6.54 Å². The van der Waals surface area contributed by atoms with Crippen LogP contribution in [-0.2, 0) is 6.54 Å². The van der Waals surface area contributed by atoms with Crippen LogP contribution < -0.4 is 10.6 Å². The minimum absolute atomic E-state index is 0.150. The average molecular weight is 245 g/mol. The number of amides is 1. The summed E-state index contributed by atoms with van der Waals surface area (Å²) in [4.78, 5) is 15.9. The summed E-state index contributed by atoms with van der Waals surface area (Å²) in [5, 5.41) is 5.68. The number of aromatic nitrogens is 1. The maximum Gasteiger partial charge on any atom is 0.251 e. The van der Waals surface area contributed by atoms with E-state index in [1.165, 1.54) is 0 Å². The van der Waals surface area contributed by atoms with Crippen molar-refractivity contribution in [3.05, 3.63) is 47.5 Å². The zero-order valence-electron chi connectivity index (χ0n) is 10.4. The van der Waals surface area contributed by atoms with Gasteiger partial charge >= 0.3 is 0 Å². The lowest BCUT2D eigenvalue weighted by Crippen LogP contribution is -2.22. The van der Waals surface area contributed by atoms with E-state index in [9.17, 15) is 4.79 Å². The fourth-order valence-electron chi connectivity index (χ4n) is 1.56. The van der Waals surface area contributed by atoms with Crippen LogP contribution in [0.3, 0.4) is 0 Å². The molecule has 2 rings (SSSR count). The van der Waals surface area contributed by atoms with E-state index in [2.05, 4.69) is 15.6 Å². The molecule has 0 radical (unpaired) electrons. The zero-order valence-corrected chi connectivity index (χ0v) is 10.4. The van der Waals surface area contributed by atoms with E-state index in [4.69, 9.17) is 4.42 Å². The van der Waals surface area contributed by atoms with Crippen LogP contribution in [0.15, 0.2) is 34.9 Å². The Hall–Kier alpha value is -2.30. The highest BCUT2D eigenvalue weighted by molar-refractivity contribution is 5.94. The highest BCUT2D eigenvalue weighted by atomic mass is 16.3. The number of carbonyl (C=O) groups excluding carboxylic acids is 1. The Balaban J connectivity index is 1.99. The summed E-state index contributed by atoms with van der Waals surface area (Å²) in [6.07, 6.45) is 1.60. The van der Waals surface area contributed by atoms with Crippen LogP contribution >= 0.6 is 0 Å². The van der Waals surface area contributed by atoms with E-state index >= 15 is 0 Å². The molecule has 0 fully saturated rings. The molecule has 0 aromatic carbocycles. The third-order valence-corrected chi connectivity index (χ3v) is 2.50. The number of hydrogen-bond donors (Lipinski definition) is 2. The van der Waals surface area contributed by atoms with Gasteiger partial charge in [-0.1, -0.05) is 0 Å². The first-order chi connectivity index (χ1) is 8.69. The molecule has 94 valence electrons. The Morgan fingerprint density at radius 2 is 2.22 bits per heavy atom. The molecule has 18 heavy (non-hydrogen) atoms. The molecule has 5 nitrogen and oxygen atoms in total. The standard InChI is InChI=1S/C13H15N3O2/c1-9-3-4-11(18-9)8-16-13(17)10-5-6-15-12(7-10)14-2/h3-7H,8H2,1-2H3,(H,14,15)(H,16,17). The van der Waals surface area contributed by atoms with Crippen molar-refractivity contribution in [1.29, 1.82) is 0 Å². The van der Waals surface area contributed by atoms with Gasteiger partial charge in [-0.15, -0.1) is 0 Å². The number of nitrogens with one attached hydrogen (secondary N) is 2. The Morgan fingerprint density at radius 3 is 2.89 bits per heavy atom. The van der Waals surface area contributed by atoms with Gasteiger partial charge in [-0.2, -0.15) is 0 Å². The molecular formula is C13H15N3O2. The lowest BCUT2D eigenvalue weighted by Gasteiger charge is -2.05. The number of carbonyl (C=O) groups is 1. The molecule has 2 heterocycles. The highest BCUT2D eigenvalue weighted by Gasteiger charge is 2.07. The van der Waals surface area contributed by atoms with E-state index in [1.54, 1.807) is 25.4 Å². The summed E-state index contributed by atoms with van der Waals surface area (Å²) in [6, 6.07) is 7.08. The first-order valence-corrected chi connectivity index (χ1v) is 5.66. The second-order valence-corrected chi connectivity index (χ2v) is 3.87. The molecule has 1 amide bonds. The summed E-state index contributed by atoms with van der Waals surface area (Å²) >= 11 is 0. The van der Waals surface area contributed by atoms with Crippen molar-refractivity contribution >= 4 is 11.7 Å². The van der Waals surface area contributed by atoms with Crippen LogP contribution in [0.1, 0.15) is 21.9 Å². The van der Waals surface area contributed by atoms with Gasteiger partial charge in [-0.25, -0.2) is 4.98 Å². The fraction of sp³-hybridized carbons (Fsp3) is 0.231. The van der Waals surface area contributed by atoms with E-state index in [0.717, 1.165) is 11.5 Å². The molecule has 5 heteroatoms. The normalized spacial score (nSPS) is 10.1. The van der Waals surface area contributed by atoms with Gasteiger partial charge in [0.2, 0.25) is 0 Å². The number of hydrogen-bond acceptors (Lipinski definition) is 4. The molecule has 2 aromatic rings. The molecule has 0 atom stereocenters. The van der Waals surface area contributed by atoms with Gasteiger partial charge < -0.3 is 15.1 Å². The number of furan rings is 1. The number of anilines is 1. The van der Waals surface area contributed by atoms with Crippen LogP contribution in [0.5, 0.6) is 0 Å². The molecule has 0 aliphatic carbocycles. The first-order valence-electron chi connectivity index (χ1n) is 5.66. The molecule has 0 saturated carbocycles. The largest absolute Gasteiger partial charge is 0.465 e. The monoisotopic (exact) mass is 245 g/mol. The van der Waals surface area contributed by atoms with Crippen molar-refractivity contribution in [3.63, 3.8) is 0 Å². The van der Waals surface area contributed by atoms with Gasteiger partial charge in [-0.05, 0) is 31.2 Å². The van der Waals surface area contributed by atoms with Crippen molar-refractivity contribution in [2.75, 3.05) is 12.4 Å². The lowest BCUT2D eigenvalue weighted by atomic mass is 10.2. The van der Waals surface area contributed by atoms with Crippen LogP contribution in [0.25, 0.3) is 0 Å². The second kappa shape index (κ2) is 5.35. The highest BCUT2D eigenvalue weighted by Crippen LogP contribution is 2.08. The van der Waals surface area contributed by atoms with Crippen molar-refractivity contribution in [2.24, 2.45) is 0 Å². The number of pyridine rings is 1. The molecule has 2 aromatic heterocycles. The smallest absolute Gasteiger partial charge is 0.251 e. The molecule has 0 aliphatic rings. The molecule has 0 unspecified atom stereocenters. The van der Waals surface area contributed by atoms with Crippen molar-refractivity contribution in [2.45, 2.75) is 13.5 Å². The van der Waals surface area contributed by atoms with Crippen LogP contribution in [0.2, 0.25) is 0 Å². The molecular weight excluding hydrogens is 230 g/mol. The molecule has 0 saturated heterocycles. The van der Waals surface area contributed by atoms with Crippen molar-refractivity contribution in [1.82, 2.24) is 10.3 Å². The molecule has 0 bridgehead atoms. The van der Waals surface area contributed by atoms with Crippen molar-refractivity contribution < 1.29 is 9.21 Å². The van der Waals surface area contributed by atoms with Gasteiger partial charge in [0.15, 0.2) is 0 Å². The molecule has 2 N–H and O–H groups in total. The Labute approximate surface area is 105 Å². The predicted molar refractivity (Wildman–Crippen MR) is 68.4 cm³/mol. The van der Waals surface area contributed by atoms with E-state index < -0.39 is 0 Å². The second-order valence-electron chi connectivity index (χ2n) is 3.87. The van der Waals surface area contributed by atoms with Crippen LogP contribution in [-0.4, -0.2) is 17.9 Å². The lowest BCUT2D eigenvalue weighted by molar-refractivity contribution is 0.0948. The maximum atomic E-state index is 11.9. The first kappa shape index (κ1) is 12.2. The summed E-state index contributed by atoms with van der Waals surface area (Å²) in [7, 11) is 1.76. The quantitative estimate of drug-likeness (QED) is 0.864. The average Bonchev–Trinajstić information content (AvgIpc) is 2.82. The Morgan fingerprint density at radius 1 is 1.39 bits per heavy atom. The van der Waals surface area contributed by atoms with E-state index in [1.807, 2.05) is 19.1 Å². The van der Waals surface area contributed by atoms with Gasteiger partial charge in [0.25, 0.3) is 5.91 Å². The summed E-state index contributed by atoms with van der Waals surface area (Å²) in [5.41, 5.74) is 0.567. The predicted octanol–water partition coefficient (Wildman–Crippen LogP) is 1.95. The minimum Gasteiger partial charge on any atom is -0.465 e. The van der Waals surface area contributed by atoms with Gasteiger partial charge in [-0.3, -0.25) is 4.79 Å². The third kappa shape index (κ3) is 2.88. The van der Waals surface area contributed by atoms with Crippen molar-refractivity contribution in [3.8, 4) is 0 Å². The third-order valence-electron chi connectivity index (χ3n) is 2.50. The number of rotatable bonds is 4. The SMILES string of the molecule is CNc1cc(C(=O)NCc2ccc(C)o2)ccn1. The topological polar surface area (TPSA) is 67.2 Å². The zero-order chi connectivity index (χ0) is 13.0. The molecule has 0 spiro atoms. The van der Waals surface area contributed by atoms with Gasteiger partial charge in [0.1, 0.15) is 17.3 Å². The summed E-state index contributed by atoms with van der Waals surface area (Å²) in [5.74, 6) is 2.09. The maximum absolute atomic E-state index is 11.9. The summed E-state index contributed by atoms with van der Waals surface area (Å²) < 4.78 is 5.38. The van der Waals surface area contributed by atoms with Crippen LogP contribution in [0, 0.1) is 6.92 Å². The number of aryl methyl sites for hydroxylation is 1. The van der Waals surface area contributed by atoms with Crippen LogP contribution in [0.4, 0.5) is 5.82 Å². The fourth-order valence-corrected chi connectivity index (χ4v) is 1.56. The van der Waals surface area contributed by atoms with E-state index in [0.29, 0.717) is 17.9 Å². The van der Waals surface area contributed by atoms with E-state index in [-0.39, 0.29) is 5.91 Å². The minimum atomic E-state index is -0.150. The number of nitrogens with zero attached hydrogens (tertiary/aromatic N) is 1. The molecule has 0 aliphatic heterocycles.